The van der Waals surface area contributed by atoms with Gasteiger partial charge in [0.2, 0.25) is 0 Å². The van der Waals surface area contributed by atoms with Crippen LogP contribution >= 0.6 is 12.4 Å². The van der Waals surface area contributed by atoms with Gasteiger partial charge in [-0.15, -0.1) is 12.4 Å². The minimum Gasteiger partial charge on any atom is -0.493 e. The van der Waals surface area contributed by atoms with Crippen LogP contribution in [0.3, 0.4) is 0 Å². The van der Waals surface area contributed by atoms with Gasteiger partial charge in [0.15, 0.2) is 0 Å². The van der Waals surface area contributed by atoms with Gasteiger partial charge in [0.1, 0.15) is 16.9 Å². The van der Waals surface area contributed by atoms with Crippen molar-refractivity contribution in [2.75, 3.05) is 39.4 Å². The van der Waals surface area contributed by atoms with Crippen molar-refractivity contribution < 1.29 is 18.7 Å². The Morgan fingerprint density at radius 3 is 2.83 bits per heavy atom. The molecule has 8 heteroatoms. The van der Waals surface area contributed by atoms with Crippen molar-refractivity contribution in [2.24, 2.45) is 0 Å². The number of carbonyl (C=O) groups excluding carboxylic acids is 1. The molecule has 2 aliphatic heterocycles. The fourth-order valence-corrected chi connectivity index (χ4v) is 3.92. The summed E-state index contributed by atoms with van der Waals surface area (Å²) in [7, 11) is 0. The molecular formula is C21H27ClN2O5. The summed E-state index contributed by atoms with van der Waals surface area (Å²) in [6.45, 7) is 5.86. The first-order chi connectivity index (χ1) is 13.6. The lowest BCUT2D eigenvalue weighted by Crippen LogP contribution is -2.57. The van der Waals surface area contributed by atoms with Gasteiger partial charge in [0, 0.05) is 18.0 Å². The van der Waals surface area contributed by atoms with Crippen LogP contribution in [0.1, 0.15) is 36.5 Å². The van der Waals surface area contributed by atoms with Crippen molar-refractivity contribution in [3.05, 3.63) is 40.2 Å². The maximum atomic E-state index is 13.1. The number of fused-ring (bicyclic) bond motifs is 1. The summed E-state index contributed by atoms with van der Waals surface area (Å²) in [4.78, 5) is 27.3. The van der Waals surface area contributed by atoms with Gasteiger partial charge in [0.25, 0.3) is 5.91 Å². The fraction of sp³-hybridized carbons (Fsp3) is 0.524. The number of nitrogens with one attached hydrogen (secondary N) is 1. The maximum absolute atomic E-state index is 13.1. The molecule has 1 N–H and O–H groups in total. The lowest BCUT2D eigenvalue weighted by Gasteiger charge is -2.45. The van der Waals surface area contributed by atoms with Crippen molar-refractivity contribution in [1.82, 2.24) is 10.2 Å². The van der Waals surface area contributed by atoms with Gasteiger partial charge in [-0.2, -0.15) is 0 Å². The molecule has 0 saturated carbocycles. The number of halogens is 1. The average molecular weight is 423 g/mol. The summed E-state index contributed by atoms with van der Waals surface area (Å²) in [5.41, 5.74) is -0.425. The first-order valence-electron chi connectivity index (χ1n) is 9.95. The smallest absolute Gasteiger partial charge is 0.349 e. The molecule has 0 unspecified atom stereocenters. The van der Waals surface area contributed by atoms with E-state index >= 15 is 0 Å². The molecule has 2 aromatic rings. The molecule has 2 fully saturated rings. The minimum absolute atomic E-state index is 0. The largest absolute Gasteiger partial charge is 0.493 e. The van der Waals surface area contributed by atoms with E-state index in [-0.39, 0.29) is 29.5 Å². The van der Waals surface area contributed by atoms with Gasteiger partial charge in [-0.05, 0) is 50.6 Å². The molecule has 3 heterocycles. The van der Waals surface area contributed by atoms with Gasteiger partial charge < -0.3 is 24.1 Å². The number of nitrogens with zero attached hydrogens (tertiary/aromatic N) is 1. The Morgan fingerprint density at radius 1 is 1.28 bits per heavy atom. The van der Waals surface area contributed by atoms with Crippen LogP contribution in [0.4, 0.5) is 0 Å². The van der Waals surface area contributed by atoms with Crippen LogP contribution in [0.2, 0.25) is 0 Å². The molecule has 2 saturated heterocycles. The van der Waals surface area contributed by atoms with Crippen molar-refractivity contribution in [3.63, 3.8) is 0 Å². The number of benzene rings is 1. The quantitative estimate of drug-likeness (QED) is 0.763. The third-order valence-corrected chi connectivity index (χ3v) is 5.46. The summed E-state index contributed by atoms with van der Waals surface area (Å²) in [6, 6.07) is 6.95. The highest BCUT2D eigenvalue weighted by atomic mass is 35.5. The van der Waals surface area contributed by atoms with E-state index in [0.717, 1.165) is 32.4 Å². The molecule has 0 radical (unpaired) electrons. The molecule has 4 rings (SSSR count). The van der Waals surface area contributed by atoms with Gasteiger partial charge in [-0.25, -0.2) is 4.79 Å². The molecule has 0 bridgehead atoms. The zero-order chi connectivity index (χ0) is 19.6. The fourth-order valence-electron chi connectivity index (χ4n) is 3.92. The number of morpholine rings is 1. The average Bonchev–Trinajstić information content (AvgIpc) is 2.71. The van der Waals surface area contributed by atoms with E-state index in [1.54, 1.807) is 17.0 Å². The maximum Gasteiger partial charge on any atom is 0.349 e. The molecule has 1 aromatic carbocycles. The summed E-state index contributed by atoms with van der Waals surface area (Å²) in [5, 5.41) is 4.03. The highest BCUT2D eigenvalue weighted by molar-refractivity contribution is 5.96. The standard InChI is InChI=1S/C21H26N2O5.ClH/c1-2-10-26-16-4-3-15-12-17(20(25)28-18(15)13-16)19(24)23-9-11-27-21(14-23)5-7-22-8-6-21;/h3-4,12-13,22H,2,5-11,14H2,1H3;1H. The van der Waals surface area contributed by atoms with Gasteiger partial charge >= 0.3 is 5.63 Å². The second kappa shape index (κ2) is 9.15. The predicted octanol–water partition coefficient (Wildman–Crippen LogP) is 2.60. The van der Waals surface area contributed by atoms with Crippen LogP contribution in [0.5, 0.6) is 5.75 Å². The molecule has 1 spiro atoms. The van der Waals surface area contributed by atoms with Crippen LogP contribution in [0.15, 0.2) is 33.5 Å². The normalized spacial score (nSPS) is 18.4. The van der Waals surface area contributed by atoms with Crippen molar-refractivity contribution in [2.45, 2.75) is 31.8 Å². The Kier molecular flexibility index (Phi) is 6.82. The molecule has 1 amide bonds. The first kappa shape index (κ1) is 21.6. The monoisotopic (exact) mass is 422 g/mol. The topological polar surface area (TPSA) is 81.0 Å². The second-order valence-corrected chi connectivity index (χ2v) is 7.50. The van der Waals surface area contributed by atoms with E-state index in [1.165, 1.54) is 0 Å². The molecule has 29 heavy (non-hydrogen) atoms. The summed E-state index contributed by atoms with van der Waals surface area (Å²) >= 11 is 0. The lowest BCUT2D eigenvalue weighted by atomic mass is 9.90. The Bertz CT molecular complexity index is 917. The van der Waals surface area contributed by atoms with Crippen LogP contribution in [-0.2, 0) is 4.74 Å². The van der Waals surface area contributed by atoms with Gasteiger partial charge in [-0.1, -0.05) is 6.92 Å². The molecular weight excluding hydrogens is 396 g/mol. The van der Waals surface area contributed by atoms with E-state index in [2.05, 4.69) is 5.32 Å². The molecule has 158 valence electrons. The molecule has 2 aliphatic rings. The van der Waals surface area contributed by atoms with Crippen LogP contribution in [0, 0.1) is 0 Å². The third-order valence-electron chi connectivity index (χ3n) is 5.46. The first-order valence-corrected chi connectivity index (χ1v) is 9.95. The number of rotatable bonds is 4. The summed E-state index contributed by atoms with van der Waals surface area (Å²) in [5.74, 6) is 0.362. The zero-order valence-corrected chi connectivity index (χ0v) is 17.4. The number of hydrogen-bond acceptors (Lipinski definition) is 6. The van der Waals surface area contributed by atoms with Crippen molar-refractivity contribution >= 4 is 29.3 Å². The zero-order valence-electron chi connectivity index (χ0n) is 16.6. The van der Waals surface area contributed by atoms with E-state index in [4.69, 9.17) is 13.9 Å². The summed E-state index contributed by atoms with van der Waals surface area (Å²) in [6.07, 6.45) is 2.62. The second-order valence-electron chi connectivity index (χ2n) is 7.50. The summed E-state index contributed by atoms with van der Waals surface area (Å²) < 4.78 is 17.0. The Hall–Kier alpha value is -2.09. The number of hydrogen-bond donors (Lipinski definition) is 1. The minimum atomic E-state index is -0.615. The number of amides is 1. The van der Waals surface area contributed by atoms with Crippen LogP contribution in [-0.4, -0.2) is 55.8 Å². The van der Waals surface area contributed by atoms with Crippen LogP contribution < -0.4 is 15.7 Å². The number of ether oxygens (including phenoxy) is 2. The van der Waals surface area contributed by atoms with Crippen molar-refractivity contribution in [1.29, 1.82) is 0 Å². The number of carbonyl (C=O) groups is 1. The Balaban J connectivity index is 0.00000240. The van der Waals surface area contributed by atoms with Crippen LogP contribution in [0.25, 0.3) is 11.0 Å². The molecule has 7 nitrogen and oxygen atoms in total. The molecule has 1 aromatic heterocycles. The van der Waals surface area contributed by atoms with Gasteiger partial charge in [-0.3, -0.25) is 4.79 Å². The van der Waals surface area contributed by atoms with Crippen molar-refractivity contribution in [3.8, 4) is 5.75 Å². The van der Waals surface area contributed by atoms with E-state index < -0.39 is 5.63 Å². The third kappa shape index (κ3) is 4.57. The Labute approximate surface area is 175 Å². The van der Waals surface area contributed by atoms with E-state index in [0.29, 0.717) is 43.0 Å². The van der Waals surface area contributed by atoms with E-state index in [1.807, 2.05) is 19.1 Å². The highest BCUT2D eigenvalue weighted by Crippen LogP contribution is 2.28. The predicted molar refractivity (Wildman–Crippen MR) is 112 cm³/mol. The molecule has 0 atom stereocenters. The molecule has 0 aliphatic carbocycles. The SMILES string of the molecule is CCCOc1ccc2cc(C(=O)N3CCOC4(CCNCC4)C3)c(=O)oc2c1.Cl. The highest BCUT2D eigenvalue weighted by Gasteiger charge is 2.39. The number of piperidine rings is 1. The van der Waals surface area contributed by atoms with Gasteiger partial charge in [0.05, 0.1) is 25.4 Å². The van der Waals surface area contributed by atoms with E-state index in [9.17, 15) is 9.59 Å². The Morgan fingerprint density at radius 2 is 2.07 bits per heavy atom. The lowest BCUT2D eigenvalue weighted by molar-refractivity contribution is -0.114.